The molecule has 0 rings (SSSR count). The Labute approximate surface area is 89.6 Å². The number of carbonyl (C=O) groups excluding carboxylic acids is 1. The first-order valence-electron chi connectivity index (χ1n) is 4.43. The molecular formula is C8H12F3NO4. The van der Waals surface area contributed by atoms with E-state index in [4.69, 9.17) is 5.11 Å². The molecule has 0 saturated heterocycles. The van der Waals surface area contributed by atoms with Gasteiger partial charge in [-0.15, -0.1) is 0 Å². The van der Waals surface area contributed by atoms with Crippen LogP contribution < -0.4 is 5.32 Å². The Morgan fingerprint density at radius 2 is 2.00 bits per heavy atom. The van der Waals surface area contributed by atoms with E-state index in [1.807, 2.05) is 5.32 Å². The molecule has 94 valence electrons. The lowest BCUT2D eigenvalue weighted by Crippen LogP contribution is -2.42. The van der Waals surface area contributed by atoms with E-state index in [2.05, 4.69) is 4.74 Å². The topological polar surface area (TPSA) is 75.6 Å². The zero-order chi connectivity index (χ0) is 12.8. The number of alkyl halides is 3. The fourth-order valence-corrected chi connectivity index (χ4v) is 0.834. The second kappa shape index (κ2) is 6.31. The Bertz CT molecular complexity index is 254. The van der Waals surface area contributed by atoms with Gasteiger partial charge in [-0.05, 0) is 6.42 Å². The normalized spacial score (nSPS) is 13.2. The Morgan fingerprint density at radius 1 is 1.44 bits per heavy atom. The number of hydrogen-bond acceptors (Lipinski definition) is 3. The smallest absolute Gasteiger partial charge is 0.411 e. The van der Waals surface area contributed by atoms with E-state index >= 15 is 0 Å². The number of aliphatic carboxylic acids is 1. The van der Waals surface area contributed by atoms with Crippen molar-refractivity contribution in [2.24, 2.45) is 0 Å². The van der Waals surface area contributed by atoms with Crippen LogP contribution >= 0.6 is 0 Å². The summed E-state index contributed by atoms with van der Waals surface area (Å²) < 4.78 is 38.9. The van der Waals surface area contributed by atoms with Gasteiger partial charge in [0.15, 0.2) is 0 Å². The Balaban J connectivity index is 3.86. The van der Waals surface area contributed by atoms with E-state index in [0.29, 0.717) is 0 Å². The molecule has 2 N–H and O–H groups in total. The van der Waals surface area contributed by atoms with Gasteiger partial charge in [-0.3, -0.25) is 4.79 Å². The van der Waals surface area contributed by atoms with Gasteiger partial charge in [0.1, 0.15) is 19.3 Å². The van der Waals surface area contributed by atoms with Crippen molar-refractivity contribution in [2.45, 2.75) is 25.6 Å². The van der Waals surface area contributed by atoms with Gasteiger partial charge in [0.2, 0.25) is 5.91 Å². The van der Waals surface area contributed by atoms with Crippen molar-refractivity contribution in [1.29, 1.82) is 0 Å². The van der Waals surface area contributed by atoms with Gasteiger partial charge in [0, 0.05) is 0 Å². The van der Waals surface area contributed by atoms with Gasteiger partial charge in [-0.2, -0.15) is 13.2 Å². The molecule has 0 aliphatic carbocycles. The third-order valence-corrected chi connectivity index (χ3v) is 1.54. The molecule has 1 atom stereocenters. The minimum absolute atomic E-state index is 0.139. The number of rotatable bonds is 6. The van der Waals surface area contributed by atoms with Crippen molar-refractivity contribution in [2.75, 3.05) is 13.2 Å². The van der Waals surface area contributed by atoms with Gasteiger partial charge in [0.25, 0.3) is 0 Å². The molecule has 1 unspecified atom stereocenters. The van der Waals surface area contributed by atoms with Gasteiger partial charge >= 0.3 is 12.1 Å². The average molecular weight is 243 g/mol. The van der Waals surface area contributed by atoms with Gasteiger partial charge in [0.05, 0.1) is 0 Å². The van der Waals surface area contributed by atoms with Crippen LogP contribution in [-0.2, 0) is 14.3 Å². The molecule has 0 aromatic carbocycles. The molecular weight excluding hydrogens is 231 g/mol. The van der Waals surface area contributed by atoms with E-state index in [0.717, 1.165) is 0 Å². The minimum Gasteiger partial charge on any atom is -0.480 e. The summed E-state index contributed by atoms with van der Waals surface area (Å²) in [4.78, 5) is 21.4. The molecule has 0 aliphatic rings. The van der Waals surface area contributed by atoms with Crippen molar-refractivity contribution >= 4 is 11.9 Å². The molecule has 0 aromatic heterocycles. The molecule has 0 radical (unpaired) electrons. The highest BCUT2D eigenvalue weighted by molar-refractivity contribution is 5.84. The number of carboxylic acid groups (broad SMARTS) is 1. The second-order valence-corrected chi connectivity index (χ2v) is 2.97. The summed E-state index contributed by atoms with van der Waals surface area (Å²) in [6.07, 6.45) is -4.36. The van der Waals surface area contributed by atoms with Crippen LogP contribution in [0.25, 0.3) is 0 Å². The number of nitrogens with one attached hydrogen (secondary N) is 1. The first kappa shape index (κ1) is 14.7. The maximum Gasteiger partial charge on any atom is 0.411 e. The SMILES string of the molecule is CCC(NC(=O)COCC(F)(F)F)C(=O)O. The molecule has 0 aliphatic heterocycles. The van der Waals surface area contributed by atoms with Crippen LogP contribution in [-0.4, -0.2) is 42.4 Å². The van der Waals surface area contributed by atoms with E-state index in [-0.39, 0.29) is 6.42 Å². The summed E-state index contributed by atoms with van der Waals surface area (Å²) >= 11 is 0. The summed E-state index contributed by atoms with van der Waals surface area (Å²) in [5.74, 6) is -2.13. The number of amides is 1. The largest absolute Gasteiger partial charge is 0.480 e. The minimum atomic E-state index is -4.50. The molecule has 1 amide bonds. The molecule has 0 heterocycles. The highest BCUT2D eigenvalue weighted by Crippen LogP contribution is 2.14. The highest BCUT2D eigenvalue weighted by Gasteiger charge is 2.28. The first-order valence-corrected chi connectivity index (χ1v) is 4.43. The van der Waals surface area contributed by atoms with Gasteiger partial charge in [-0.1, -0.05) is 6.92 Å². The molecule has 0 saturated carbocycles. The monoisotopic (exact) mass is 243 g/mol. The van der Waals surface area contributed by atoms with Crippen molar-refractivity contribution in [1.82, 2.24) is 5.32 Å². The standard InChI is InChI=1S/C8H12F3NO4/c1-2-5(7(14)15)12-6(13)3-16-4-8(9,10)11/h5H,2-4H2,1H3,(H,12,13)(H,14,15). The van der Waals surface area contributed by atoms with Crippen LogP contribution in [0.5, 0.6) is 0 Å². The van der Waals surface area contributed by atoms with Crippen LogP contribution in [0, 0.1) is 0 Å². The number of ether oxygens (including phenoxy) is 1. The molecule has 0 fully saturated rings. The van der Waals surface area contributed by atoms with Crippen LogP contribution in [0.2, 0.25) is 0 Å². The number of carboxylic acids is 1. The lowest BCUT2D eigenvalue weighted by Gasteiger charge is -2.12. The molecule has 0 bridgehead atoms. The van der Waals surface area contributed by atoms with Crippen molar-refractivity contribution in [3.63, 3.8) is 0 Å². The summed E-state index contributed by atoms with van der Waals surface area (Å²) in [6, 6.07) is -1.11. The molecule has 16 heavy (non-hydrogen) atoms. The Hall–Kier alpha value is -1.31. The number of carbonyl (C=O) groups is 2. The van der Waals surface area contributed by atoms with E-state index < -0.39 is 37.3 Å². The maximum atomic E-state index is 11.6. The summed E-state index contributed by atoms with van der Waals surface area (Å²) in [5, 5.41) is 10.6. The van der Waals surface area contributed by atoms with Crippen molar-refractivity contribution in [3.05, 3.63) is 0 Å². The highest BCUT2D eigenvalue weighted by atomic mass is 19.4. The third kappa shape index (κ3) is 7.04. The van der Waals surface area contributed by atoms with Crippen LogP contribution in [0.15, 0.2) is 0 Å². The third-order valence-electron chi connectivity index (χ3n) is 1.54. The zero-order valence-electron chi connectivity index (χ0n) is 8.50. The van der Waals surface area contributed by atoms with Gasteiger partial charge in [-0.25, -0.2) is 4.79 Å². The van der Waals surface area contributed by atoms with Crippen molar-refractivity contribution in [3.8, 4) is 0 Å². The second-order valence-electron chi connectivity index (χ2n) is 2.97. The van der Waals surface area contributed by atoms with Gasteiger partial charge < -0.3 is 15.2 Å². The summed E-state index contributed by atoms with van der Waals surface area (Å²) in [7, 11) is 0. The lowest BCUT2D eigenvalue weighted by molar-refractivity contribution is -0.176. The number of hydrogen-bond donors (Lipinski definition) is 2. The van der Waals surface area contributed by atoms with E-state index in [1.54, 1.807) is 0 Å². The van der Waals surface area contributed by atoms with Crippen LogP contribution in [0.1, 0.15) is 13.3 Å². The summed E-state index contributed by atoms with van der Waals surface area (Å²) in [5.41, 5.74) is 0. The Kier molecular flexibility index (Phi) is 5.79. The zero-order valence-corrected chi connectivity index (χ0v) is 8.50. The first-order chi connectivity index (χ1) is 7.26. The van der Waals surface area contributed by atoms with Crippen molar-refractivity contribution < 1.29 is 32.6 Å². The lowest BCUT2D eigenvalue weighted by atomic mass is 10.2. The predicted octanol–water partition coefficient (Wildman–Crippen LogP) is 0.545. The fraction of sp³-hybridized carbons (Fsp3) is 0.750. The summed E-state index contributed by atoms with van der Waals surface area (Å²) in [6.45, 7) is -0.830. The van der Waals surface area contributed by atoms with Crippen LogP contribution in [0.4, 0.5) is 13.2 Å². The van der Waals surface area contributed by atoms with E-state index in [1.165, 1.54) is 6.92 Å². The fourth-order valence-electron chi connectivity index (χ4n) is 0.834. The molecule has 8 heteroatoms. The number of halogens is 3. The maximum absolute atomic E-state index is 11.6. The van der Waals surface area contributed by atoms with E-state index in [9.17, 15) is 22.8 Å². The average Bonchev–Trinajstić information content (AvgIpc) is 2.11. The molecule has 5 nitrogen and oxygen atoms in total. The quantitative estimate of drug-likeness (QED) is 0.714. The molecule has 0 spiro atoms. The molecule has 0 aromatic rings. The van der Waals surface area contributed by atoms with Crippen LogP contribution in [0.3, 0.4) is 0 Å². The predicted molar refractivity (Wildman–Crippen MR) is 46.7 cm³/mol. The Morgan fingerprint density at radius 3 is 2.38 bits per heavy atom.